The molecule has 1 heterocycles. The molecule has 100 valence electrons. The Morgan fingerprint density at radius 3 is 2.72 bits per heavy atom. The third kappa shape index (κ3) is 3.36. The zero-order valence-corrected chi connectivity index (χ0v) is 12.0. The second-order valence-corrected chi connectivity index (χ2v) is 5.92. The first-order valence-corrected chi connectivity index (χ1v) is 7.72. The molecular weight excluding hydrogens is 244 g/mol. The van der Waals surface area contributed by atoms with Gasteiger partial charge in [0.15, 0.2) is 0 Å². The SMILES string of the molecule is CCCCCSc1nc(C2CC2)nc(NN)c1C. The van der Waals surface area contributed by atoms with E-state index in [4.69, 9.17) is 10.8 Å². The minimum atomic E-state index is 0.563. The molecule has 4 nitrogen and oxygen atoms in total. The lowest BCUT2D eigenvalue weighted by molar-refractivity contribution is 0.777. The highest BCUT2D eigenvalue weighted by Crippen LogP contribution is 2.40. The quantitative estimate of drug-likeness (QED) is 0.261. The second kappa shape index (κ2) is 6.38. The summed E-state index contributed by atoms with van der Waals surface area (Å²) in [4.78, 5) is 9.19. The number of thioether (sulfide) groups is 1. The number of rotatable bonds is 7. The standard InChI is InChI=1S/C13H22N4S/c1-3-4-5-8-18-13-9(2)11(17-14)15-12(16-13)10-6-7-10/h10H,3-8,14H2,1-2H3,(H,15,16,17). The number of nitrogens with one attached hydrogen (secondary N) is 1. The Balaban J connectivity index is 2.08. The Morgan fingerprint density at radius 1 is 1.33 bits per heavy atom. The largest absolute Gasteiger partial charge is 0.308 e. The van der Waals surface area contributed by atoms with Crippen LogP contribution in [-0.2, 0) is 0 Å². The van der Waals surface area contributed by atoms with Gasteiger partial charge >= 0.3 is 0 Å². The summed E-state index contributed by atoms with van der Waals surface area (Å²) in [5, 5.41) is 1.09. The van der Waals surface area contributed by atoms with Gasteiger partial charge in [-0.25, -0.2) is 15.8 Å². The van der Waals surface area contributed by atoms with Crippen molar-refractivity contribution in [3.8, 4) is 0 Å². The molecular formula is C13H22N4S. The summed E-state index contributed by atoms with van der Waals surface area (Å²) in [6.45, 7) is 4.26. The smallest absolute Gasteiger partial charge is 0.147 e. The van der Waals surface area contributed by atoms with Crippen molar-refractivity contribution in [1.29, 1.82) is 0 Å². The molecule has 18 heavy (non-hydrogen) atoms. The number of aromatic nitrogens is 2. The van der Waals surface area contributed by atoms with Crippen LogP contribution in [0.4, 0.5) is 5.82 Å². The fourth-order valence-corrected chi connectivity index (χ4v) is 2.85. The van der Waals surface area contributed by atoms with Crippen LogP contribution in [0.5, 0.6) is 0 Å². The van der Waals surface area contributed by atoms with E-state index in [1.165, 1.54) is 32.1 Å². The Hall–Kier alpha value is -0.810. The molecule has 5 heteroatoms. The lowest BCUT2D eigenvalue weighted by Crippen LogP contribution is -2.13. The van der Waals surface area contributed by atoms with Crippen molar-refractivity contribution in [1.82, 2.24) is 9.97 Å². The molecule has 0 amide bonds. The summed E-state index contributed by atoms with van der Waals surface area (Å²) >= 11 is 1.83. The van der Waals surface area contributed by atoms with Crippen LogP contribution in [0.25, 0.3) is 0 Å². The van der Waals surface area contributed by atoms with Gasteiger partial charge in [0.05, 0.1) is 0 Å². The number of nitrogens with zero attached hydrogens (tertiary/aromatic N) is 2. The number of unbranched alkanes of at least 4 members (excludes halogenated alkanes) is 2. The van der Waals surface area contributed by atoms with E-state index in [2.05, 4.69) is 17.3 Å². The summed E-state index contributed by atoms with van der Waals surface area (Å²) in [5.41, 5.74) is 3.77. The van der Waals surface area contributed by atoms with Gasteiger partial charge in [0.1, 0.15) is 16.7 Å². The van der Waals surface area contributed by atoms with Crippen molar-refractivity contribution >= 4 is 17.6 Å². The molecule has 0 spiro atoms. The van der Waals surface area contributed by atoms with Crippen molar-refractivity contribution in [2.45, 2.75) is 56.9 Å². The number of anilines is 1. The lowest BCUT2D eigenvalue weighted by atomic mass is 10.3. The number of hydrazine groups is 1. The van der Waals surface area contributed by atoms with Gasteiger partial charge < -0.3 is 5.43 Å². The molecule has 1 fully saturated rings. The van der Waals surface area contributed by atoms with Crippen molar-refractivity contribution < 1.29 is 0 Å². The first kappa shape index (κ1) is 13.6. The Morgan fingerprint density at radius 2 is 2.11 bits per heavy atom. The van der Waals surface area contributed by atoms with Gasteiger partial charge in [0.25, 0.3) is 0 Å². The number of hydrogen-bond donors (Lipinski definition) is 2. The molecule has 0 bridgehead atoms. The highest BCUT2D eigenvalue weighted by molar-refractivity contribution is 7.99. The van der Waals surface area contributed by atoms with Crippen LogP contribution in [0.15, 0.2) is 5.03 Å². The minimum absolute atomic E-state index is 0.563. The fourth-order valence-electron chi connectivity index (χ4n) is 1.84. The zero-order chi connectivity index (χ0) is 13.0. The third-order valence-corrected chi connectivity index (χ3v) is 4.35. The number of nitrogens with two attached hydrogens (primary N) is 1. The molecule has 0 aliphatic heterocycles. The minimum Gasteiger partial charge on any atom is -0.308 e. The molecule has 0 saturated heterocycles. The summed E-state index contributed by atoms with van der Waals surface area (Å²) in [6, 6.07) is 0. The van der Waals surface area contributed by atoms with Crippen LogP contribution in [0.1, 0.15) is 56.3 Å². The average Bonchev–Trinajstić information content (AvgIpc) is 3.20. The second-order valence-electron chi connectivity index (χ2n) is 4.83. The molecule has 1 saturated carbocycles. The molecule has 1 aromatic rings. The van der Waals surface area contributed by atoms with E-state index >= 15 is 0 Å². The van der Waals surface area contributed by atoms with Crippen LogP contribution in [0.2, 0.25) is 0 Å². The Labute approximate surface area is 113 Å². The predicted octanol–water partition coefficient (Wildman–Crippen LogP) is 3.23. The third-order valence-electron chi connectivity index (χ3n) is 3.18. The van der Waals surface area contributed by atoms with E-state index < -0.39 is 0 Å². The number of nitrogen functional groups attached to an aromatic ring is 1. The van der Waals surface area contributed by atoms with Crippen molar-refractivity contribution in [3.05, 3.63) is 11.4 Å². The van der Waals surface area contributed by atoms with E-state index in [-0.39, 0.29) is 0 Å². The molecule has 0 radical (unpaired) electrons. The molecule has 1 aromatic heterocycles. The van der Waals surface area contributed by atoms with Crippen LogP contribution < -0.4 is 11.3 Å². The molecule has 2 rings (SSSR count). The van der Waals surface area contributed by atoms with Gasteiger partial charge in [-0.2, -0.15) is 0 Å². The fraction of sp³-hybridized carbons (Fsp3) is 0.692. The van der Waals surface area contributed by atoms with Gasteiger partial charge in [0.2, 0.25) is 0 Å². The summed E-state index contributed by atoms with van der Waals surface area (Å²) < 4.78 is 0. The van der Waals surface area contributed by atoms with Gasteiger partial charge in [0, 0.05) is 11.5 Å². The zero-order valence-electron chi connectivity index (χ0n) is 11.2. The van der Waals surface area contributed by atoms with Crippen LogP contribution in [0.3, 0.4) is 0 Å². The molecule has 1 aliphatic carbocycles. The average molecular weight is 266 g/mol. The first-order chi connectivity index (χ1) is 8.76. The van der Waals surface area contributed by atoms with E-state index in [0.717, 1.165) is 28.0 Å². The predicted molar refractivity (Wildman–Crippen MR) is 76.8 cm³/mol. The van der Waals surface area contributed by atoms with Crippen molar-refractivity contribution in [2.75, 3.05) is 11.2 Å². The molecule has 3 N–H and O–H groups in total. The monoisotopic (exact) mass is 266 g/mol. The van der Waals surface area contributed by atoms with Crippen molar-refractivity contribution in [3.63, 3.8) is 0 Å². The lowest BCUT2D eigenvalue weighted by Gasteiger charge is -2.11. The van der Waals surface area contributed by atoms with Crippen LogP contribution >= 0.6 is 11.8 Å². The topological polar surface area (TPSA) is 63.8 Å². The maximum atomic E-state index is 5.54. The maximum Gasteiger partial charge on any atom is 0.147 e. The Bertz CT molecular complexity index is 404. The number of hydrogen-bond acceptors (Lipinski definition) is 5. The van der Waals surface area contributed by atoms with E-state index in [1.807, 2.05) is 18.7 Å². The van der Waals surface area contributed by atoms with Crippen LogP contribution in [-0.4, -0.2) is 15.7 Å². The van der Waals surface area contributed by atoms with E-state index in [9.17, 15) is 0 Å². The molecule has 0 atom stereocenters. The van der Waals surface area contributed by atoms with E-state index in [1.54, 1.807) is 0 Å². The molecule has 0 aromatic carbocycles. The normalized spacial score (nSPS) is 14.8. The van der Waals surface area contributed by atoms with E-state index in [0.29, 0.717) is 5.92 Å². The van der Waals surface area contributed by atoms with Gasteiger partial charge in [-0.1, -0.05) is 19.8 Å². The summed E-state index contributed by atoms with van der Waals surface area (Å²) in [5.74, 6) is 8.97. The summed E-state index contributed by atoms with van der Waals surface area (Å²) in [6.07, 6.45) is 6.22. The molecule has 1 aliphatic rings. The first-order valence-electron chi connectivity index (χ1n) is 6.74. The van der Waals surface area contributed by atoms with Crippen LogP contribution in [0, 0.1) is 6.92 Å². The maximum absolute atomic E-state index is 5.54. The molecule has 0 unspecified atom stereocenters. The summed E-state index contributed by atoms with van der Waals surface area (Å²) in [7, 11) is 0. The highest BCUT2D eigenvalue weighted by atomic mass is 32.2. The van der Waals surface area contributed by atoms with Crippen molar-refractivity contribution in [2.24, 2.45) is 5.84 Å². The van der Waals surface area contributed by atoms with Gasteiger partial charge in [-0.15, -0.1) is 11.8 Å². The highest BCUT2D eigenvalue weighted by Gasteiger charge is 2.28. The Kier molecular flexibility index (Phi) is 4.83. The van der Waals surface area contributed by atoms with Gasteiger partial charge in [-0.05, 0) is 31.9 Å². The van der Waals surface area contributed by atoms with Gasteiger partial charge in [-0.3, -0.25) is 0 Å².